The number of pyridine rings is 1. The lowest BCUT2D eigenvalue weighted by atomic mass is 10.1. The van der Waals surface area contributed by atoms with Crippen molar-refractivity contribution >= 4 is 11.7 Å². The molecule has 0 spiro atoms. The molecule has 0 unspecified atom stereocenters. The Labute approximate surface area is 122 Å². The second kappa shape index (κ2) is 5.58. The molecule has 0 atom stereocenters. The van der Waals surface area contributed by atoms with E-state index in [4.69, 9.17) is 4.84 Å². The average Bonchev–Trinajstić information content (AvgIpc) is 2.89. The van der Waals surface area contributed by atoms with Gasteiger partial charge >= 0.3 is 5.97 Å². The SMILES string of the molecule is CN1C=CC(=CC=C2C(=O)ON=C2c2ccccn2)C=C1. The van der Waals surface area contributed by atoms with E-state index in [1.165, 1.54) is 0 Å². The van der Waals surface area contributed by atoms with Crippen LogP contribution in [0.4, 0.5) is 0 Å². The zero-order valence-corrected chi connectivity index (χ0v) is 11.4. The number of aromatic nitrogens is 1. The molecule has 0 N–H and O–H groups in total. The average molecular weight is 279 g/mol. The van der Waals surface area contributed by atoms with Gasteiger partial charge in [0.2, 0.25) is 0 Å². The minimum Gasteiger partial charge on any atom is -0.357 e. The van der Waals surface area contributed by atoms with Crippen molar-refractivity contribution in [1.29, 1.82) is 0 Å². The number of nitrogens with zero attached hydrogens (tertiary/aromatic N) is 3. The van der Waals surface area contributed by atoms with E-state index in [0.29, 0.717) is 17.0 Å². The topological polar surface area (TPSA) is 54.8 Å². The maximum Gasteiger partial charge on any atom is 0.368 e. The fourth-order valence-electron chi connectivity index (χ4n) is 1.92. The molecule has 2 aliphatic rings. The molecular weight excluding hydrogens is 266 g/mol. The number of allylic oxidation sites excluding steroid dienone is 5. The van der Waals surface area contributed by atoms with E-state index < -0.39 is 5.97 Å². The molecule has 0 saturated heterocycles. The quantitative estimate of drug-likeness (QED) is 0.615. The van der Waals surface area contributed by atoms with Crippen LogP contribution in [0.1, 0.15) is 5.69 Å². The number of carbonyl (C=O) groups excluding carboxylic acids is 1. The molecule has 21 heavy (non-hydrogen) atoms. The largest absolute Gasteiger partial charge is 0.368 e. The van der Waals surface area contributed by atoms with Crippen LogP contribution in [0.3, 0.4) is 0 Å². The molecule has 0 saturated carbocycles. The highest BCUT2D eigenvalue weighted by Gasteiger charge is 2.26. The van der Waals surface area contributed by atoms with Gasteiger partial charge in [-0.15, -0.1) is 0 Å². The highest BCUT2D eigenvalue weighted by atomic mass is 16.7. The predicted molar refractivity (Wildman–Crippen MR) is 79.1 cm³/mol. The number of hydrogen-bond donors (Lipinski definition) is 0. The first kappa shape index (κ1) is 13.1. The van der Waals surface area contributed by atoms with Crippen LogP contribution in [0, 0.1) is 0 Å². The summed E-state index contributed by atoms with van der Waals surface area (Å²) in [5.41, 5.74) is 2.46. The molecule has 5 heteroatoms. The number of rotatable bonds is 2. The summed E-state index contributed by atoms with van der Waals surface area (Å²) in [4.78, 5) is 22.7. The first-order valence-electron chi connectivity index (χ1n) is 6.45. The summed E-state index contributed by atoms with van der Waals surface area (Å²) in [5, 5.41) is 3.81. The summed E-state index contributed by atoms with van der Waals surface area (Å²) in [6.07, 6.45) is 13.0. The third kappa shape index (κ3) is 2.81. The summed E-state index contributed by atoms with van der Waals surface area (Å²) < 4.78 is 0. The number of carbonyl (C=O) groups is 1. The van der Waals surface area contributed by atoms with Crippen molar-refractivity contribution < 1.29 is 9.63 Å². The van der Waals surface area contributed by atoms with Crippen molar-refractivity contribution in [2.45, 2.75) is 0 Å². The minimum atomic E-state index is -0.464. The lowest BCUT2D eigenvalue weighted by Gasteiger charge is -2.11. The molecule has 0 amide bonds. The standard InChI is InChI=1S/C16H13N3O2/c1-19-10-7-12(8-11-19)5-6-13-15(18-21-16(13)20)14-4-2-3-9-17-14/h2-11H,1H3. The lowest BCUT2D eigenvalue weighted by Crippen LogP contribution is -2.08. The van der Waals surface area contributed by atoms with Crippen LogP contribution in [0.2, 0.25) is 0 Å². The van der Waals surface area contributed by atoms with Gasteiger partial charge in [-0.2, -0.15) is 0 Å². The zero-order chi connectivity index (χ0) is 14.7. The summed E-state index contributed by atoms with van der Waals surface area (Å²) in [6, 6.07) is 5.44. The van der Waals surface area contributed by atoms with Crippen molar-refractivity contribution in [3.63, 3.8) is 0 Å². The molecule has 0 aliphatic carbocycles. The monoisotopic (exact) mass is 279 g/mol. The van der Waals surface area contributed by atoms with E-state index in [0.717, 1.165) is 5.57 Å². The van der Waals surface area contributed by atoms with Gasteiger partial charge in [0, 0.05) is 25.6 Å². The molecule has 0 radical (unpaired) electrons. The van der Waals surface area contributed by atoms with Gasteiger partial charge in [-0.25, -0.2) is 4.79 Å². The van der Waals surface area contributed by atoms with Gasteiger partial charge in [0.15, 0.2) is 0 Å². The van der Waals surface area contributed by atoms with E-state index in [9.17, 15) is 4.79 Å². The van der Waals surface area contributed by atoms with Gasteiger partial charge in [-0.1, -0.05) is 17.3 Å². The van der Waals surface area contributed by atoms with Crippen LogP contribution in [0.5, 0.6) is 0 Å². The second-order valence-electron chi connectivity index (χ2n) is 4.58. The van der Waals surface area contributed by atoms with Crippen LogP contribution in [-0.2, 0) is 9.63 Å². The molecule has 1 aromatic heterocycles. The van der Waals surface area contributed by atoms with Gasteiger partial charge < -0.3 is 9.74 Å². The Balaban J connectivity index is 1.90. The number of oxime groups is 1. The van der Waals surface area contributed by atoms with Gasteiger partial charge in [0.1, 0.15) is 5.71 Å². The maximum absolute atomic E-state index is 11.8. The zero-order valence-electron chi connectivity index (χ0n) is 11.4. The molecule has 104 valence electrons. The van der Waals surface area contributed by atoms with E-state index in [2.05, 4.69) is 10.1 Å². The highest BCUT2D eigenvalue weighted by Crippen LogP contribution is 2.17. The van der Waals surface area contributed by atoms with Crippen molar-refractivity contribution in [2.75, 3.05) is 7.05 Å². The third-order valence-corrected chi connectivity index (χ3v) is 3.05. The highest BCUT2D eigenvalue weighted by molar-refractivity contribution is 6.28. The Kier molecular flexibility index (Phi) is 3.47. The van der Waals surface area contributed by atoms with Crippen LogP contribution in [-0.4, -0.2) is 28.6 Å². The molecule has 1 aromatic rings. The minimum absolute atomic E-state index is 0.405. The van der Waals surface area contributed by atoms with Crippen molar-refractivity contribution in [3.8, 4) is 0 Å². The summed E-state index contributed by atoms with van der Waals surface area (Å²) >= 11 is 0. The van der Waals surface area contributed by atoms with Crippen molar-refractivity contribution in [3.05, 3.63) is 77.9 Å². The second-order valence-corrected chi connectivity index (χ2v) is 4.58. The summed E-state index contributed by atoms with van der Waals surface area (Å²) in [7, 11) is 1.95. The molecule has 0 bridgehead atoms. The lowest BCUT2D eigenvalue weighted by molar-refractivity contribution is -0.136. The van der Waals surface area contributed by atoms with E-state index >= 15 is 0 Å². The van der Waals surface area contributed by atoms with Crippen LogP contribution >= 0.6 is 0 Å². The molecule has 0 fully saturated rings. The van der Waals surface area contributed by atoms with E-state index in [1.54, 1.807) is 24.4 Å². The van der Waals surface area contributed by atoms with Crippen LogP contribution in [0.15, 0.2) is 77.4 Å². The first-order valence-corrected chi connectivity index (χ1v) is 6.45. The van der Waals surface area contributed by atoms with Crippen LogP contribution < -0.4 is 0 Å². The number of hydrogen-bond acceptors (Lipinski definition) is 5. The van der Waals surface area contributed by atoms with E-state index in [-0.39, 0.29) is 0 Å². The first-order chi connectivity index (χ1) is 10.2. The predicted octanol–water partition coefficient (Wildman–Crippen LogP) is 2.17. The van der Waals surface area contributed by atoms with Gasteiger partial charge in [0.25, 0.3) is 0 Å². The summed E-state index contributed by atoms with van der Waals surface area (Å²) in [5.74, 6) is -0.464. The Bertz CT molecular complexity index is 696. The fraction of sp³-hybridized carbons (Fsp3) is 0.0625. The van der Waals surface area contributed by atoms with Gasteiger partial charge in [-0.05, 0) is 35.9 Å². The Hall–Kier alpha value is -2.95. The Morgan fingerprint density at radius 3 is 2.71 bits per heavy atom. The van der Waals surface area contributed by atoms with Gasteiger partial charge in [0.05, 0.1) is 11.3 Å². The Morgan fingerprint density at radius 1 is 1.19 bits per heavy atom. The van der Waals surface area contributed by atoms with Crippen LogP contribution in [0.25, 0.3) is 0 Å². The fourth-order valence-corrected chi connectivity index (χ4v) is 1.92. The normalized spacial score (nSPS) is 19.0. The maximum atomic E-state index is 11.8. The molecule has 2 aliphatic heterocycles. The molecule has 3 rings (SSSR count). The third-order valence-electron chi connectivity index (χ3n) is 3.05. The molecular formula is C16H13N3O2. The van der Waals surface area contributed by atoms with Crippen molar-refractivity contribution in [2.24, 2.45) is 5.16 Å². The smallest absolute Gasteiger partial charge is 0.357 e. The molecule has 0 aromatic carbocycles. The molecule has 5 nitrogen and oxygen atoms in total. The molecule has 3 heterocycles. The van der Waals surface area contributed by atoms with Crippen molar-refractivity contribution in [1.82, 2.24) is 9.88 Å². The van der Waals surface area contributed by atoms with E-state index in [1.807, 2.05) is 48.6 Å². The Morgan fingerprint density at radius 2 is 2.00 bits per heavy atom. The van der Waals surface area contributed by atoms with Gasteiger partial charge in [-0.3, -0.25) is 4.98 Å². The summed E-state index contributed by atoms with van der Waals surface area (Å²) in [6.45, 7) is 0.